The van der Waals surface area contributed by atoms with Crippen LogP contribution in [0.15, 0.2) is 0 Å². The van der Waals surface area contributed by atoms with Crippen LogP contribution in [0.25, 0.3) is 0 Å². The zero-order valence-corrected chi connectivity index (χ0v) is 14.3. The summed E-state index contributed by atoms with van der Waals surface area (Å²) >= 11 is 0. The van der Waals surface area contributed by atoms with Crippen LogP contribution >= 0.6 is 0 Å². The number of nitrogens with one attached hydrogen (secondary N) is 1. The number of piperidine rings is 1. The van der Waals surface area contributed by atoms with Crippen molar-refractivity contribution in [3.63, 3.8) is 0 Å². The molecule has 1 aliphatic heterocycles. The molecule has 1 N–H and O–H groups in total. The topological polar surface area (TPSA) is 15.3 Å². The highest BCUT2D eigenvalue weighted by Crippen LogP contribution is 2.44. The molecule has 2 unspecified atom stereocenters. The lowest BCUT2D eigenvalue weighted by Crippen LogP contribution is -2.48. The number of likely N-dealkylation sites (tertiary alicyclic amines) is 1. The van der Waals surface area contributed by atoms with E-state index in [4.69, 9.17) is 0 Å². The third kappa shape index (κ3) is 4.21. The van der Waals surface area contributed by atoms with Crippen molar-refractivity contribution in [2.45, 2.75) is 84.7 Å². The number of nitrogens with zero attached hydrogens (tertiary/aromatic N) is 1. The summed E-state index contributed by atoms with van der Waals surface area (Å²) in [6.45, 7) is 13.2. The van der Waals surface area contributed by atoms with Crippen molar-refractivity contribution in [3.05, 3.63) is 0 Å². The Kier molecular flexibility index (Phi) is 5.92. The van der Waals surface area contributed by atoms with Gasteiger partial charge in [-0.1, -0.05) is 40.0 Å². The molecule has 2 rings (SSSR count). The van der Waals surface area contributed by atoms with E-state index in [1.165, 1.54) is 58.0 Å². The Morgan fingerprint density at radius 1 is 0.900 bits per heavy atom. The van der Waals surface area contributed by atoms with Gasteiger partial charge in [0.15, 0.2) is 0 Å². The molecule has 118 valence electrons. The summed E-state index contributed by atoms with van der Waals surface area (Å²) in [5.41, 5.74) is 0.744. The molecule has 0 radical (unpaired) electrons. The van der Waals surface area contributed by atoms with E-state index in [9.17, 15) is 0 Å². The fourth-order valence-corrected chi connectivity index (χ4v) is 4.16. The lowest BCUT2D eigenvalue weighted by atomic mass is 9.68. The van der Waals surface area contributed by atoms with Gasteiger partial charge in [-0.25, -0.2) is 0 Å². The van der Waals surface area contributed by atoms with Crippen LogP contribution in [-0.4, -0.2) is 36.6 Å². The molecule has 0 aromatic heterocycles. The molecule has 1 heterocycles. The normalized spacial score (nSPS) is 26.9. The Bertz CT molecular complexity index is 271. The summed E-state index contributed by atoms with van der Waals surface area (Å²) < 4.78 is 0. The van der Waals surface area contributed by atoms with Gasteiger partial charge in [0, 0.05) is 12.1 Å². The molecule has 2 fully saturated rings. The van der Waals surface area contributed by atoms with Gasteiger partial charge >= 0.3 is 0 Å². The van der Waals surface area contributed by atoms with Gasteiger partial charge in [0.2, 0.25) is 0 Å². The minimum atomic E-state index is 0.608. The smallest absolute Gasteiger partial charge is 0.0105 e. The SMILES string of the molecule is CC(C)NCC(C)C(C)N1CCC2(CCCCC2)CC1. The van der Waals surface area contributed by atoms with E-state index in [-0.39, 0.29) is 0 Å². The van der Waals surface area contributed by atoms with Gasteiger partial charge in [-0.3, -0.25) is 0 Å². The highest BCUT2D eigenvalue weighted by molar-refractivity contribution is 4.90. The van der Waals surface area contributed by atoms with E-state index in [1.54, 1.807) is 0 Å². The number of hydrogen-bond acceptors (Lipinski definition) is 2. The van der Waals surface area contributed by atoms with Gasteiger partial charge in [-0.2, -0.15) is 0 Å². The van der Waals surface area contributed by atoms with Crippen molar-refractivity contribution in [2.24, 2.45) is 11.3 Å². The highest BCUT2D eigenvalue weighted by atomic mass is 15.2. The fourth-order valence-electron chi connectivity index (χ4n) is 4.16. The molecule has 0 bridgehead atoms. The second kappa shape index (κ2) is 7.26. The van der Waals surface area contributed by atoms with E-state index in [1.807, 2.05) is 0 Å². The Balaban J connectivity index is 1.77. The van der Waals surface area contributed by atoms with Gasteiger partial charge in [0.1, 0.15) is 0 Å². The minimum absolute atomic E-state index is 0.608. The lowest BCUT2D eigenvalue weighted by molar-refractivity contribution is 0.0358. The second-order valence-corrected chi connectivity index (χ2v) is 7.88. The zero-order valence-electron chi connectivity index (χ0n) is 14.3. The molecular formula is C18H36N2. The maximum atomic E-state index is 3.60. The molecule has 2 nitrogen and oxygen atoms in total. The minimum Gasteiger partial charge on any atom is -0.314 e. The molecule has 1 aliphatic carbocycles. The van der Waals surface area contributed by atoms with Gasteiger partial charge in [-0.05, 0) is 63.6 Å². The van der Waals surface area contributed by atoms with Crippen molar-refractivity contribution in [3.8, 4) is 0 Å². The average molecular weight is 280 g/mol. The van der Waals surface area contributed by atoms with Crippen molar-refractivity contribution >= 4 is 0 Å². The third-order valence-corrected chi connectivity index (χ3v) is 6.02. The van der Waals surface area contributed by atoms with Crippen LogP contribution in [-0.2, 0) is 0 Å². The summed E-state index contributed by atoms with van der Waals surface area (Å²) in [4.78, 5) is 2.76. The number of hydrogen-bond donors (Lipinski definition) is 1. The standard InChI is InChI=1S/C18H36N2/c1-15(2)19-14-16(3)17(4)20-12-10-18(11-13-20)8-6-5-7-9-18/h15-17,19H,5-14H2,1-4H3. The first kappa shape index (κ1) is 16.3. The monoisotopic (exact) mass is 280 g/mol. The molecule has 0 amide bonds. The molecule has 0 aromatic rings. The zero-order chi connectivity index (χ0) is 14.6. The van der Waals surface area contributed by atoms with Crippen LogP contribution in [0.5, 0.6) is 0 Å². The molecule has 1 saturated carbocycles. The molecule has 2 heteroatoms. The van der Waals surface area contributed by atoms with Crippen molar-refractivity contribution < 1.29 is 0 Å². The third-order valence-electron chi connectivity index (χ3n) is 6.02. The predicted octanol–water partition coefficient (Wildman–Crippen LogP) is 4.06. The first-order valence-corrected chi connectivity index (χ1v) is 9.00. The molecule has 1 spiro atoms. The van der Waals surface area contributed by atoms with Crippen LogP contribution in [0.3, 0.4) is 0 Å². The van der Waals surface area contributed by atoms with E-state index in [2.05, 4.69) is 37.9 Å². The van der Waals surface area contributed by atoms with Crippen molar-refractivity contribution in [1.82, 2.24) is 10.2 Å². The molecular weight excluding hydrogens is 244 g/mol. The summed E-state index contributed by atoms with van der Waals surface area (Å²) in [6, 6.07) is 1.33. The first-order valence-electron chi connectivity index (χ1n) is 9.00. The largest absolute Gasteiger partial charge is 0.314 e. The van der Waals surface area contributed by atoms with Gasteiger partial charge in [0.25, 0.3) is 0 Å². The average Bonchev–Trinajstić information content (AvgIpc) is 2.45. The summed E-state index contributed by atoms with van der Waals surface area (Å²) in [6.07, 6.45) is 10.4. The predicted molar refractivity (Wildman–Crippen MR) is 88.1 cm³/mol. The maximum Gasteiger partial charge on any atom is 0.0105 e. The van der Waals surface area contributed by atoms with Crippen molar-refractivity contribution in [2.75, 3.05) is 19.6 Å². The summed E-state index contributed by atoms with van der Waals surface area (Å²) in [7, 11) is 0. The Labute approximate surface area is 126 Å². The van der Waals surface area contributed by atoms with Crippen LogP contribution in [0.1, 0.15) is 72.6 Å². The van der Waals surface area contributed by atoms with Crippen LogP contribution in [0.2, 0.25) is 0 Å². The molecule has 1 saturated heterocycles. The number of rotatable bonds is 5. The quantitative estimate of drug-likeness (QED) is 0.817. The van der Waals surface area contributed by atoms with Gasteiger partial charge < -0.3 is 10.2 Å². The van der Waals surface area contributed by atoms with Gasteiger partial charge in [0.05, 0.1) is 0 Å². The Morgan fingerprint density at radius 3 is 2.05 bits per heavy atom. The highest BCUT2D eigenvalue weighted by Gasteiger charge is 2.36. The van der Waals surface area contributed by atoms with E-state index in [0.29, 0.717) is 6.04 Å². The Hall–Kier alpha value is -0.0800. The van der Waals surface area contributed by atoms with E-state index < -0.39 is 0 Å². The first-order chi connectivity index (χ1) is 9.52. The molecule has 2 aliphatic rings. The summed E-state index contributed by atoms with van der Waals surface area (Å²) in [5.74, 6) is 0.748. The molecule has 2 atom stereocenters. The van der Waals surface area contributed by atoms with E-state index >= 15 is 0 Å². The van der Waals surface area contributed by atoms with Crippen LogP contribution in [0.4, 0.5) is 0 Å². The fraction of sp³-hybridized carbons (Fsp3) is 1.00. The molecule has 20 heavy (non-hydrogen) atoms. The molecule has 0 aromatic carbocycles. The summed E-state index contributed by atoms with van der Waals surface area (Å²) in [5, 5.41) is 3.60. The van der Waals surface area contributed by atoms with Crippen LogP contribution in [0, 0.1) is 11.3 Å². The van der Waals surface area contributed by atoms with Crippen molar-refractivity contribution in [1.29, 1.82) is 0 Å². The van der Waals surface area contributed by atoms with E-state index in [0.717, 1.165) is 23.9 Å². The lowest BCUT2D eigenvalue weighted by Gasteiger charge is -2.47. The Morgan fingerprint density at radius 2 is 1.50 bits per heavy atom. The maximum absolute atomic E-state index is 3.60. The van der Waals surface area contributed by atoms with Gasteiger partial charge in [-0.15, -0.1) is 0 Å². The second-order valence-electron chi connectivity index (χ2n) is 7.88. The van der Waals surface area contributed by atoms with Crippen LogP contribution < -0.4 is 5.32 Å².